The van der Waals surface area contributed by atoms with Crippen LogP contribution in [0.5, 0.6) is 0 Å². The van der Waals surface area contributed by atoms with Gasteiger partial charge in [-0.25, -0.2) is 0 Å². The van der Waals surface area contributed by atoms with Crippen LogP contribution in [0, 0.1) is 5.92 Å². The lowest BCUT2D eigenvalue weighted by atomic mass is 10.1. The molecule has 21 heavy (non-hydrogen) atoms. The maximum Gasteiger partial charge on any atom is 0.272 e. The molecule has 0 saturated heterocycles. The molecule has 0 saturated carbocycles. The van der Waals surface area contributed by atoms with Crippen molar-refractivity contribution in [1.82, 2.24) is 15.5 Å². The fourth-order valence-corrected chi connectivity index (χ4v) is 1.95. The molecule has 6 nitrogen and oxygen atoms in total. The number of nitrogen functional groups attached to an aromatic ring is 1. The number of rotatable bonds is 7. The van der Waals surface area contributed by atoms with Crippen LogP contribution >= 0.6 is 0 Å². The minimum atomic E-state index is -0.223. The first kappa shape index (κ1) is 15.3. The van der Waals surface area contributed by atoms with E-state index in [9.17, 15) is 4.79 Å². The van der Waals surface area contributed by atoms with Crippen LogP contribution in [-0.2, 0) is 4.74 Å². The van der Waals surface area contributed by atoms with Crippen molar-refractivity contribution < 1.29 is 9.53 Å². The van der Waals surface area contributed by atoms with E-state index in [1.165, 1.54) is 0 Å². The fourth-order valence-electron chi connectivity index (χ4n) is 1.95. The van der Waals surface area contributed by atoms with Gasteiger partial charge in [0.15, 0.2) is 5.69 Å². The number of fused-ring (bicyclic) bond motifs is 1. The van der Waals surface area contributed by atoms with Gasteiger partial charge in [0.05, 0.1) is 12.1 Å². The number of carbonyl (C=O) groups is 1. The SMILES string of the molecule is CC(C)CCOCCNC(=O)c1n[nH]c2ccc(N)cc12. The third-order valence-electron chi connectivity index (χ3n) is 3.17. The lowest BCUT2D eigenvalue weighted by Gasteiger charge is -2.07. The van der Waals surface area contributed by atoms with E-state index in [1.807, 2.05) is 6.07 Å². The Labute approximate surface area is 124 Å². The van der Waals surface area contributed by atoms with Crippen LogP contribution in [0.1, 0.15) is 30.8 Å². The molecule has 0 radical (unpaired) electrons. The second-order valence-corrected chi connectivity index (χ2v) is 5.43. The topological polar surface area (TPSA) is 93.0 Å². The monoisotopic (exact) mass is 290 g/mol. The largest absolute Gasteiger partial charge is 0.399 e. The molecule has 2 rings (SSSR count). The first-order valence-corrected chi connectivity index (χ1v) is 7.17. The highest BCUT2D eigenvalue weighted by Gasteiger charge is 2.13. The Kier molecular flexibility index (Phi) is 5.16. The number of carbonyl (C=O) groups excluding carboxylic acids is 1. The molecule has 0 fully saturated rings. The Bertz CT molecular complexity index is 607. The van der Waals surface area contributed by atoms with Crippen LogP contribution in [-0.4, -0.2) is 35.9 Å². The van der Waals surface area contributed by atoms with Gasteiger partial charge in [-0.3, -0.25) is 9.89 Å². The highest BCUT2D eigenvalue weighted by atomic mass is 16.5. The molecule has 1 aromatic carbocycles. The molecule has 1 heterocycles. The van der Waals surface area contributed by atoms with Gasteiger partial charge in [0.2, 0.25) is 0 Å². The normalized spacial score (nSPS) is 11.2. The van der Waals surface area contributed by atoms with Gasteiger partial charge in [-0.1, -0.05) is 13.8 Å². The van der Waals surface area contributed by atoms with Crippen LogP contribution in [0.25, 0.3) is 10.9 Å². The summed E-state index contributed by atoms with van der Waals surface area (Å²) in [6.45, 7) is 5.99. The Morgan fingerprint density at radius 2 is 2.24 bits per heavy atom. The van der Waals surface area contributed by atoms with Gasteiger partial charge >= 0.3 is 0 Å². The number of benzene rings is 1. The van der Waals surface area contributed by atoms with Crippen LogP contribution < -0.4 is 11.1 Å². The second-order valence-electron chi connectivity index (χ2n) is 5.43. The number of aromatic amines is 1. The first-order chi connectivity index (χ1) is 10.1. The number of ether oxygens (including phenoxy) is 1. The molecule has 0 bridgehead atoms. The van der Waals surface area contributed by atoms with Crippen LogP contribution in [0.3, 0.4) is 0 Å². The summed E-state index contributed by atoms with van der Waals surface area (Å²) < 4.78 is 5.46. The average molecular weight is 290 g/mol. The van der Waals surface area contributed by atoms with E-state index in [1.54, 1.807) is 12.1 Å². The van der Waals surface area contributed by atoms with Crippen molar-refractivity contribution in [3.8, 4) is 0 Å². The van der Waals surface area contributed by atoms with Gasteiger partial charge in [0.1, 0.15) is 0 Å². The number of nitrogens with one attached hydrogen (secondary N) is 2. The Balaban J connectivity index is 1.84. The minimum Gasteiger partial charge on any atom is -0.399 e. The van der Waals surface area contributed by atoms with Gasteiger partial charge in [-0.2, -0.15) is 5.10 Å². The summed E-state index contributed by atoms with van der Waals surface area (Å²) in [7, 11) is 0. The fraction of sp³-hybridized carbons (Fsp3) is 0.467. The van der Waals surface area contributed by atoms with Crippen LogP contribution in [0.2, 0.25) is 0 Å². The summed E-state index contributed by atoms with van der Waals surface area (Å²) in [6, 6.07) is 5.32. The standard InChI is InChI=1S/C15H22N4O2/c1-10(2)5-7-21-8-6-17-15(20)14-12-9-11(16)3-4-13(12)18-19-14/h3-4,9-10H,5-8,16H2,1-2H3,(H,17,20)(H,18,19). The molecule has 0 atom stereocenters. The van der Waals surface area contributed by atoms with Gasteiger partial charge < -0.3 is 15.8 Å². The third-order valence-corrected chi connectivity index (χ3v) is 3.17. The highest BCUT2D eigenvalue weighted by Crippen LogP contribution is 2.18. The van der Waals surface area contributed by atoms with Gasteiger partial charge in [-0.05, 0) is 30.5 Å². The molecule has 2 aromatic rings. The van der Waals surface area contributed by atoms with Crippen molar-refractivity contribution in [3.05, 3.63) is 23.9 Å². The number of hydrogen-bond acceptors (Lipinski definition) is 4. The van der Waals surface area contributed by atoms with E-state index in [2.05, 4.69) is 29.4 Å². The number of H-pyrrole nitrogens is 1. The summed E-state index contributed by atoms with van der Waals surface area (Å²) in [5.41, 5.74) is 7.50. The lowest BCUT2D eigenvalue weighted by molar-refractivity contribution is 0.0902. The average Bonchev–Trinajstić information content (AvgIpc) is 2.85. The van der Waals surface area contributed by atoms with E-state index >= 15 is 0 Å². The van der Waals surface area contributed by atoms with Crippen LogP contribution in [0.4, 0.5) is 5.69 Å². The zero-order valence-corrected chi connectivity index (χ0v) is 12.5. The predicted molar refractivity (Wildman–Crippen MR) is 83.1 cm³/mol. The molecular weight excluding hydrogens is 268 g/mol. The van der Waals surface area contributed by atoms with Crippen molar-refractivity contribution in [2.45, 2.75) is 20.3 Å². The summed E-state index contributed by atoms with van der Waals surface area (Å²) in [6.07, 6.45) is 1.03. The summed E-state index contributed by atoms with van der Waals surface area (Å²) >= 11 is 0. The molecule has 1 amide bonds. The van der Waals surface area contributed by atoms with Crippen molar-refractivity contribution >= 4 is 22.5 Å². The zero-order valence-electron chi connectivity index (χ0n) is 12.5. The van der Waals surface area contributed by atoms with Gasteiger partial charge in [0.25, 0.3) is 5.91 Å². The molecule has 0 unspecified atom stereocenters. The number of nitrogens with zero attached hydrogens (tertiary/aromatic N) is 1. The Hall–Kier alpha value is -2.08. The number of hydrogen-bond donors (Lipinski definition) is 3. The Morgan fingerprint density at radius 3 is 3.00 bits per heavy atom. The van der Waals surface area contributed by atoms with Crippen molar-refractivity contribution in [1.29, 1.82) is 0 Å². The smallest absolute Gasteiger partial charge is 0.272 e. The molecule has 1 aromatic heterocycles. The summed E-state index contributed by atoms with van der Waals surface area (Å²) in [4.78, 5) is 12.1. The zero-order chi connectivity index (χ0) is 15.2. The van der Waals surface area contributed by atoms with E-state index in [4.69, 9.17) is 10.5 Å². The van der Waals surface area contributed by atoms with Gasteiger partial charge in [-0.15, -0.1) is 0 Å². The summed E-state index contributed by atoms with van der Waals surface area (Å²) in [5.74, 6) is 0.403. The van der Waals surface area contributed by atoms with E-state index < -0.39 is 0 Å². The Morgan fingerprint density at radius 1 is 1.43 bits per heavy atom. The lowest BCUT2D eigenvalue weighted by Crippen LogP contribution is -2.27. The van der Waals surface area contributed by atoms with Crippen LogP contribution in [0.15, 0.2) is 18.2 Å². The van der Waals surface area contributed by atoms with Crippen molar-refractivity contribution in [3.63, 3.8) is 0 Å². The third kappa shape index (κ3) is 4.19. The van der Waals surface area contributed by atoms with Crippen molar-refractivity contribution in [2.24, 2.45) is 5.92 Å². The minimum absolute atomic E-state index is 0.223. The number of nitrogens with two attached hydrogens (primary N) is 1. The maximum absolute atomic E-state index is 12.1. The highest BCUT2D eigenvalue weighted by molar-refractivity contribution is 6.05. The quantitative estimate of drug-likeness (QED) is 0.536. The number of amides is 1. The van der Waals surface area contributed by atoms with Gasteiger partial charge in [0, 0.05) is 24.2 Å². The first-order valence-electron chi connectivity index (χ1n) is 7.17. The molecule has 114 valence electrons. The molecular formula is C15H22N4O2. The molecule has 0 aliphatic heterocycles. The summed E-state index contributed by atoms with van der Waals surface area (Å²) in [5, 5.41) is 10.4. The van der Waals surface area contributed by atoms with Crippen molar-refractivity contribution in [2.75, 3.05) is 25.5 Å². The molecule has 0 spiro atoms. The molecule has 4 N–H and O–H groups in total. The van der Waals surface area contributed by atoms with E-state index in [0.29, 0.717) is 30.5 Å². The molecule has 6 heteroatoms. The molecule has 0 aliphatic carbocycles. The second kappa shape index (κ2) is 7.08. The van der Waals surface area contributed by atoms with E-state index in [0.717, 1.165) is 23.9 Å². The number of anilines is 1. The predicted octanol–water partition coefficient (Wildman–Crippen LogP) is 1.94. The maximum atomic E-state index is 12.1. The molecule has 0 aliphatic rings. The number of aromatic nitrogens is 2. The van der Waals surface area contributed by atoms with E-state index in [-0.39, 0.29) is 5.91 Å².